The van der Waals surface area contributed by atoms with Gasteiger partial charge in [0.1, 0.15) is 6.61 Å². The molecule has 0 aliphatic carbocycles. The van der Waals surface area contributed by atoms with E-state index in [0.29, 0.717) is 24.0 Å². The zero-order valence-corrected chi connectivity index (χ0v) is 8.04. The maximum absolute atomic E-state index is 9.31. The highest BCUT2D eigenvalue weighted by Crippen LogP contribution is 2.28. The van der Waals surface area contributed by atoms with E-state index in [0.717, 1.165) is 0 Å². The zero-order chi connectivity index (χ0) is 9.68. The van der Waals surface area contributed by atoms with Crippen molar-refractivity contribution >= 4 is 11.6 Å². The average molecular weight is 203 g/mol. The smallest absolute Gasteiger partial charge is 0.162 e. The summed E-state index contributed by atoms with van der Waals surface area (Å²) in [5.74, 6) is 0.463. The maximum atomic E-state index is 9.31. The largest absolute Gasteiger partial charge is 0.504 e. The van der Waals surface area contributed by atoms with E-state index in [1.807, 2.05) is 0 Å². The van der Waals surface area contributed by atoms with Gasteiger partial charge >= 0.3 is 0 Å². The van der Waals surface area contributed by atoms with Crippen LogP contribution in [0.25, 0.3) is 0 Å². The molecule has 4 heteroatoms. The van der Waals surface area contributed by atoms with Crippen LogP contribution in [-0.4, -0.2) is 25.4 Å². The summed E-state index contributed by atoms with van der Waals surface area (Å²) in [5.41, 5.74) is 0. The molecule has 1 aromatic carbocycles. The average Bonchev–Trinajstić information content (AvgIpc) is 2.11. The molecule has 0 bridgehead atoms. The van der Waals surface area contributed by atoms with Gasteiger partial charge in [0, 0.05) is 18.2 Å². The molecular weight excluding hydrogens is 192 g/mol. The van der Waals surface area contributed by atoms with Crippen molar-refractivity contribution in [2.75, 3.05) is 20.3 Å². The molecule has 0 saturated heterocycles. The fourth-order valence-electron chi connectivity index (χ4n) is 0.839. The van der Waals surface area contributed by atoms with E-state index >= 15 is 0 Å². The van der Waals surface area contributed by atoms with Crippen LogP contribution >= 0.6 is 11.6 Å². The fraction of sp³-hybridized carbons (Fsp3) is 0.333. The molecule has 1 rings (SSSR count). The van der Waals surface area contributed by atoms with Crippen molar-refractivity contribution in [1.82, 2.24) is 0 Å². The number of hydrogen-bond acceptors (Lipinski definition) is 3. The van der Waals surface area contributed by atoms with E-state index in [9.17, 15) is 5.11 Å². The Labute approximate surface area is 81.9 Å². The minimum atomic E-state index is 0.0838. The van der Waals surface area contributed by atoms with Crippen LogP contribution in [0.15, 0.2) is 18.2 Å². The van der Waals surface area contributed by atoms with Crippen LogP contribution in [0.2, 0.25) is 5.02 Å². The summed E-state index contributed by atoms with van der Waals surface area (Å²) >= 11 is 5.71. The summed E-state index contributed by atoms with van der Waals surface area (Å²) in [4.78, 5) is 0. The van der Waals surface area contributed by atoms with Crippen molar-refractivity contribution in [2.45, 2.75) is 0 Å². The van der Waals surface area contributed by atoms with Crippen LogP contribution in [0.1, 0.15) is 0 Å². The van der Waals surface area contributed by atoms with Gasteiger partial charge in [-0.15, -0.1) is 0 Å². The lowest BCUT2D eigenvalue weighted by Crippen LogP contribution is -2.04. The Morgan fingerprint density at radius 2 is 2.15 bits per heavy atom. The van der Waals surface area contributed by atoms with Crippen LogP contribution in [0.4, 0.5) is 0 Å². The minimum absolute atomic E-state index is 0.0838. The van der Waals surface area contributed by atoms with Gasteiger partial charge in [0.2, 0.25) is 0 Å². The van der Waals surface area contributed by atoms with Crippen LogP contribution in [0.3, 0.4) is 0 Å². The molecule has 0 aliphatic rings. The summed E-state index contributed by atoms with van der Waals surface area (Å²) < 4.78 is 9.99. The standard InChI is InChI=1S/C9H11ClO3/c1-12-4-5-13-9-6-7(10)2-3-8(9)11/h2-3,6,11H,4-5H2,1H3. The van der Waals surface area contributed by atoms with Gasteiger partial charge in [-0.25, -0.2) is 0 Å². The first-order chi connectivity index (χ1) is 6.24. The van der Waals surface area contributed by atoms with Crippen molar-refractivity contribution in [3.05, 3.63) is 23.2 Å². The predicted octanol–water partition coefficient (Wildman–Crippen LogP) is 2.07. The molecule has 1 N–H and O–H groups in total. The lowest BCUT2D eigenvalue weighted by molar-refractivity contribution is 0.144. The van der Waals surface area contributed by atoms with Crippen molar-refractivity contribution in [3.8, 4) is 11.5 Å². The highest BCUT2D eigenvalue weighted by atomic mass is 35.5. The molecule has 0 radical (unpaired) electrons. The topological polar surface area (TPSA) is 38.7 Å². The fourth-order valence-corrected chi connectivity index (χ4v) is 1.00. The molecule has 0 saturated carbocycles. The van der Waals surface area contributed by atoms with Crippen LogP contribution < -0.4 is 4.74 Å². The van der Waals surface area contributed by atoms with Crippen LogP contribution in [0.5, 0.6) is 11.5 Å². The number of benzene rings is 1. The first-order valence-corrected chi connectivity index (χ1v) is 4.22. The predicted molar refractivity (Wildman–Crippen MR) is 50.5 cm³/mol. The van der Waals surface area contributed by atoms with E-state index in [1.54, 1.807) is 19.2 Å². The Bertz CT molecular complexity index is 276. The molecule has 0 amide bonds. The van der Waals surface area contributed by atoms with Gasteiger partial charge in [0.25, 0.3) is 0 Å². The lowest BCUT2D eigenvalue weighted by atomic mass is 10.3. The molecule has 0 heterocycles. The van der Waals surface area contributed by atoms with E-state index in [4.69, 9.17) is 21.1 Å². The number of rotatable bonds is 4. The van der Waals surface area contributed by atoms with E-state index < -0.39 is 0 Å². The SMILES string of the molecule is COCCOc1cc(Cl)ccc1O. The summed E-state index contributed by atoms with van der Waals surface area (Å²) in [6.45, 7) is 0.871. The summed E-state index contributed by atoms with van der Waals surface area (Å²) in [6.07, 6.45) is 0. The van der Waals surface area contributed by atoms with Gasteiger partial charge in [-0.05, 0) is 12.1 Å². The first-order valence-electron chi connectivity index (χ1n) is 3.84. The van der Waals surface area contributed by atoms with Gasteiger partial charge in [-0.3, -0.25) is 0 Å². The summed E-state index contributed by atoms with van der Waals surface area (Å²) in [7, 11) is 1.58. The monoisotopic (exact) mass is 202 g/mol. The quantitative estimate of drug-likeness (QED) is 0.760. The van der Waals surface area contributed by atoms with Crippen molar-refractivity contribution in [3.63, 3.8) is 0 Å². The lowest BCUT2D eigenvalue weighted by Gasteiger charge is -2.07. The summed E-state index contributed by atoms with van der Waals surface area (Å²) in [5, 5.41) is 9.84. The molecule has 0 aliphatic heterocycles. The van der Waals surface area contributed by atoms with Crippen LogP contribution in [-0.2, 0) is 4.74 Å². The molecular formula is C9H11ClO3. The molecule has 13 heavy (non-hydrogen) atoms. The number of halogens is 1. The maximum Gasteiger partial charge on any atom is 0.162 e. The Balaban J connectivity index is 2.59. The molecule has 0 fully saturated rings. The Hall–Kier alpha value is -0.930. The summed E-state index contributed by atoms with van der Waals surface area (Å²) in [6, 6.07) is 4.65. The second kappa shape index (κ2) is 4.94. The number of methoxy groups -OCH3 is 1. The van der Waals surface area contributed by atoms with E-state index in [-0.39, 0.29) is 5.75 Å². The highest BCUT2D eigenvalue weighted by Gasteiger charge is 2.02. The van der Waals surface area contributed by atoms with E-state index in [2.05, 4.69) is 0 Å². The molecule has 0 spiro atoms. The third kappa shape index (κ3) is 3.13. The van der Waals surface area contributed by atoms with Gasteiger partial charge < -0.3 is 14.6 Å². The van der Waals surface area contributed by atoms with Crippen LogP contribution in [0, 0.1) is 0 Å². The van der Waals surface area contributed by atoms with Gasteiger partial charge in [0.15, 0.2) is 11.5 Å². The van der Waals surface area contributed by atoms with Crippen molar-refractivity contribution < 1.29 is 14.6 Å². The van der Waals surface area contributed by atoms with E-state index in [1.165, 1.54) is 6.07 Å². The molecule has 3 nitrogen and oxygen atoms in total. The number of phenolic OH excluding ortho intramolecular Hbond substituents is 1. The van der Waals surface area contributed by atoms with Gasteiger partial charge in [0.05, 0.1) is 6.61 Å². The van der Waals surface area contributed by atoms with Crippen molar-refractivity contribution in [2.24, 2.45) is 0 Å². The number of phenols is 1. The third-order valence-corrected chi connectivity index (χ3v) is 1.70. The second-order valence-electron chi connectivity index (χ2n) is 2.45. The molecule has 1 aromatic rings. The molecule has 0 atom stereocenters. The number of aromatic hydroxyl groups is 1. The third-order valence-electron chi connectivity index (χ3n) is 1.47. The number of hydrogen-bond donors (Lipinski definition) is 1. The minimum Gasteiger partial charge on any atom is -0.504 e. The van der Waals surface area contributed by atoms with Gasteiger partial charge in [-0.2, -0.15) is 0 Å². The Morgan fingerprint density at radius 1 is 1.38 bits per heavy atom. The zero-order valence-electron chi connectivity index (χ0n) is 7.29. The first kappa shape index (κ1) is 10.2. The molecule has 72 valence electrons. The second-order valence-corrected chi connectivity index (χ2v) is 2.89. The Morgan fingerprint density at radius 3 is 2.85 bits per heavy atom. The normalized spacial score (nSPS) is 10.0. The number of ether oxygens (including phenoxy) is 2. The molecule has 0 aromatic heterocycles. The van der Waals surface area contributed by atoms with Crippen molar-refractivity contribution in [1.29, 1.82) is 0 Å². The Kier molecular flexibility index (Phi) is 3.86. The van der Waals surface area contributed by atoms with Gasteiger partial charge in [-0.1, -0.05) is 11.6 Å². The highest BCUT2D eigenvalue weighted by molar-refractivity contribution is 6.30. The molecule has 0 unspecified atom stereocenters.